The molecule has 3 rings (SSSR count). The van der Waals surface area contributed by atoms with Gasteiger partial charge in [0.15, 0.2) is 0 Å². The van der Waals surface area contributed by atoms with Gasteiger partial charge in [0.1, 0.15) is 18.5 Å². The first-order valence-electron chi connectivity index (χ1n) is 9.46. The van der Waals surface area contributed by atoms with Gasteiger partial charge in [-0.15, -0.1) is 12.4 Å². The summed E-state index contributed by atoms with van der Waals surface area (Å²) in [5.41, 5.74) is 4.02. The molecule has 0 aromatic heterocycles. The minimum absolute atomic E-state index is 0. The van der Waals surface area contributed by atoms with Crippen molar-refractivity contribution in [1.29, 1.82) is 0 Å². The summed E-state index contributed by atoms with van der Waals surface area (Å²) >= 11 is 0. The van der Waals surface area contributed by atoms with Gasteiger partial charge < -0.3 is 19.9 Å². The van der Waals surface area contributed by atoms with Crippen LogP contribution >= 0.6 is 12.4 Å². The average molecular weight is 392 g/mol. The molecule has 2 aromatic carbocycles. The number of methoxy groups -OCH3 is 1. The van der Waals surface area contributed by atoms with E-state index in [0.717, 1.165) is 31.6 Å². The van der Waals surface area contributed by atoms with Crippen LogP contribution in [-0.4, -0.2) is 38.1 Å². The predicted molar refractivity (Wildman–Crippen MR) is 111 cm³/mol. The molecule has 1 aliphatic carbocycles. The van der Waals surface area contributed by atoms with Gasteiger partial charge >= 0.3 is 0 Å². The predicted octanol–water partition coefficient (Wildman–Crippen LogP) is 3.70. The number of ether oxygens (including phenoxy) is 2. The van der Waals surface area contributed by atoms with Crippen LogP contribution in [0.4, 0.5) is 0 Å². The van der Waals surface area contributed by atoms with Crippen molar-refractivity contribution in [3.05, 3.63) is 65.2 Å². The van der Waals surface area contributed by atoms with E-state index >= 15 is 0 Å². The number of fused-ring (bicyclic) bond motifs is 1. The highest BCUT2D eigenvalue weighted by atomic mass is 35.5. The van der Waals surface area contributed by atoms with E-state index in [0.29, 0.717) is 19.2 Å². The highest BCUT2D eigenvalue weighted by molar-refractivity contribution is 5.85. The van der Waals surface area contributed by atoms with Gasteiger partial charge in [0, 0.05) is 19.7 Å². The number of hydrogen-bond donors (Lipinski definition) is 2. The SMILES string of the molecule is COCCc1ccc(OCC(O)CNC2CCCc3ccccc32)cc1.Cl. The summed E-state index contributed by atoms with van der Waals surface area (Å²) in [6.45, 7) is 1.54. The maximum atomic E-state index is 10.3. The fraction of sp³-hybridized carbons (Fsp3) is 0.455. The number of halogens is 1. The maximum Gasteiger partial charge on any atom is 0.119 e. The van der Waals surface area contributed by atoms with Crippen molar-refractivity contribution in [3.63, 3.8) is 0 Å². The van der Waals surface area contributed by atoms with Crippen molar-refractivity contribution in [2.45, 2.75) is 37.8 Å². The van der Waals surface area contributed by atoms with Gasteiger partial charge in [-0.3, -0.25) is 0 Å². The Morgan fingerprint density at radius 1 is 1.15 bits per heavy atom. The Balaban J connectivity index is 0.00000261. The molecule has 0 amide bonds. The summed E-state index contributed by atoms with van der Waals surface area (Å²) in [5, 5.41) is 13.8. The number of hydrogen-bond acceptors (Lipinski definition) is 4. The first-order valence-corrected chi connectivity index (χ1v) is 9.46. The quantitative estimate of drug-likeness (QED) is 0.684. The highest BCUT2D eigenvalue weighted by Gasteiger charge is 2.20. The van der Waals surface area contributed by atoms with E-state index in [-0.39, 0.29) is 12.4 Å². The van der Waals surface area contributed by atoms with Crippen molar-refractivity contribution < 1.29 is 14.6 Å². The molecule has 5 heteroatoms. The summed E-state index contributed by atoms with van der Waals surface area (Å²) in [6, 6.07) is 16.9. The lowest BCUT2D eigenvalue weighted by Crippen LogP contribution is -2.35. The van der Waals surface area contributed by atoms with E-state index in [2.05, 4.69) is 29.6 Å². The van der Waals surface area contributed by atoms with E-state index in [1.807, 2.05) is 24.3 Å². The second kappa shape index (κ2) is 11.3. The zero-order valence-electron chi connectivity index (χ0n) is 15.9. The summed E-state index contributed by atoms with van der Waals surface area (Å²) in [5.74, 6) is 0.785. The van der Waals surface area contributed by atoms with Crippen LogP contribution in [0.25, 0.3) is 0 Å². The van der Waals surface area contributed by atoms with Crippen molar-refractivity contribution in [2.75, 3.05) is 26.9 Å². The van der Waals surface area contributed by atoms with Crippen LogP contribution in [-0.2, 0) is 17.6 Å². The summed E-state index contributed by atoms with van der Waals surface area (Å²) in [7, 11) is 1.71. The van der Waals surface area contributed by atoms with Crippen molar-refractivity contribution >= 4 is 12.4 Å². The molecule has 0 saturated carbocycles. The number of aryl methyl sites for hydroxylation is 1. The fourth-order valence-corrected chi connectivity index (χ4v) is 3.47. The Bertz CT molecular complexity index is 678. The molecule has 0 aliphatic heterocycles. The fourth-order valence-electron chi connectivity index (χ4n) is 3.47. The first-order chi connectivity index (χ1) is 12.8. The largest absolute Gasteiger partial charge is 0.491 e. The molecule has 0 radical (unpaired) electrons. The molecule has 1 aliphatic rings. The monoisotopic (exact) mass is 391 g/mol. The molecule has 2 atom stereocenters. The van der Waals surface area contributed by atoms with Crippen LogP contribution in [0.15, 0.2) is 48.5 Å². The molecule has 148 valence electrons. The molecule has 0 saturated heterocycles. The van der Waals surface area contributed by atoms with E-state index in [1.54, 1.807) is 7.11 Å². The Morgan fingerprint density at radius 3 is 2.70 bits per heavy atom. The van der Waals surface area contributed by atoms with E-state index in [9.17, 15) is 5.11 Å². The molecule has 27 heavy (non-hydrogen) atoms. The third kappa shape index (κ3) is 6.51. The number of aliphatic hydroxyl groups is 1. The molecule has 4 nitrogen and oxygen atoms in total. The Kier molecular flexibility index (Phi) is 9.08. The second-order valence-corrected chi connectivity index (χ2v) is 6.90. The van der Waals surface area contributed by atoms with E-state index in [4.69, 9.17) is 9.47 Å². The van der Waals surface area contributed by atoms with E-state index in [1.165, 1.54) is 23.1 Å². The summed E-state index contributed by atoms with van der Waals surface area (Å²) in [4.78, 5) is 0. The molecule has 0 spiro atoms. The topological polar surface area (TPSA) is 50.7 Å². The van der Waals surface area contributed by atoms with Gasteiger partial charge in [-0.2, -0.15) is 0 Å². The van der Waals surface area contributed by atoms with Crippen LogP contribution in [0.5, 0.6) is 5.75 Å². The lowest BCUT2D eigenvalue weighted by molar-refractivity contribution is 0.103. The van der Waals surface area contributed by atoms with Crippen molar-refractivity contribution in [2.24, 2.45) is 0 Å². The lowest BCUT2D eigenvalue weighted by atomic mass is 9.88. The zero-order chi connectivity index (χ0) is 18.2. The second-order valence-electron chi connectivity index (χ2n) is 6.90. The summed E-state index contributed by atoms with van der Waals surface area (Å²) in [6.07, 6.45) is 3.83. The minimum atomic E-state index is -0.530. The summed E-state index contributed by atoms with van der Waals surface area (Å²) < 4.78 is 10.8. The van der Waals surface area contributed by atoms with Gasteiger partial charge in [-0.25, -0.2) is 0 Å². The van der Waals surface area contributed by atoms with Gasteiger partial charge in [-0.1, -0.05) is 36.4 Å². The molecule has 0 bridgehead atoms. The number of nitrogens with one attached hydrogen (secondary N) is 1. The first kappa shape index (κ1) is 21.7. The lowest BCUT2D eigenvalue weighted by Gasteiger charge is -2.27. The molecule has 2 aromatic rings. The number of benzene rings is 2. The standard InChI is InChI=1S/C22H29NO3.ClH/c1-25-14-13-17-9-11-20(12-10-17)26-16-19(24)15-23-22-8-4-6-18-5-2-3-7-21(18)22;/h2-3,5,7,9-12,19,22-24H,4,6,8,13-16H2,1H3;1H. The smallest absolute Gasteiger partial charge is 0.119 e. The van der Waals surface area contributed by atoms with Gasteiger partial charge in [0.2, 0.25) is 0 Å². The number of aliphatic hydroxyl groups excluding tert-OH is 1. The normalized spacial score (nSPS) is 16.9. The molecule has 2 N–H and O–H groups in total. The Labute approximate surface area is 168 Å². The van der Waals surface area contributed by atoms with Crippen LogP contribution in [0.3, 0.4) is 0 Å². The number of rotatable bonds is 9. The molecular formula is C22H30ClNO3. The zero-order valence-corrected chi connectivity index (χ0v) is 16.7. The molecular weight excluding hydrogens is 362 g/mol. The van der Waals surface area contributed by atoms with Crippen LogP contribution in [0, 0.1) is 0 Å². The third-order valence-corrected chi connectivity index (χ3v) is 4.93. The highest BCUT2D eigenvalue weighted by Crippen LogP contribution is 2.29. The van der Waals surface area contributed by atoms with Crippen LogP contribution in [0.2, 0.25) is 0 Å². The van der Waals surface area contributed by atoms with Crippen molar-refractivity contribution in [1.82, 2.24) is 5.32 Å². The van der Waals surface area contributed by atoms with Gasteiger partial charge in [0.25, 0.3) is 0 Å². The van der Waals surface area contributed by atoms with Crippen LogP contribution < -0.4 is 10.1 Å². The van der Waals surface area contributed by atoms with Crippen LogP contribution in [0.1, 0.15) is 35.6 Å². The minimum Gasteiger partial charge on any atom is -0.491 e. The van der Waals surface area contributed by atoms with Crippen molar-refractivity contribution in [3.8, 4) is 5.75 Å². The molecule has 2 unspecified atom stereocenters. The average Bonchev–Trinajstić information content (AvgIpc) is 2.70. The van der Waals surface area contributed by atoms with Gasteiger partial charge in [0.05, 0.1) is 6.61 Å². The Hall–Kier alpha value is -1.59. The maximum absolute atomic E-state index is 10.3. The molecule has 0 fully saturated rings. The third-order valence-electron chi connectivity index (χ3n) is 4.93. The van der Waals surface area contributed by atoms with E-state index < -0.39 is 6.10 Å². The molecule has 0 heterocycles. The Morgan fingerprint density at radius 2 is 1.93 bits per heavy atom. The van der Waals surface area contributed by atoms with Gasteiger partial charge in [-0.05, 0) is 54.5 Å².